The van der Waals surface area contributed by atoms with E-state index in [1.807, 2.05) is 32.9 Å². The Labute approximate surface area is 131 Å². The number of amides is 1. The van der Waals surface area contributed by atoms with Crippen molar-refractivity contribution in [1.82, 2.24) is 0 Å². The Balaban J connectivity index is 2.21. The van der Waals surface area contributed by atoms with E-state index in [-0.39, 0.29) is 5.91 Å². The van der Waals surface area contributed by atoms with Crippen LogP contribution in [0.15, 0.2) is 36.4 Å². The van der Waals surface area contributed by atoms with Crippen LogP contribution < -0.4 is 15.8 Å². The number of hydrogen-bond donors (Lipinski definition) is 2. The van der Waals surface area contributed by atoms with E-state index in [2.05, 4.69) is 5.32 Å². The molecular weight excluding hydrogens is 276 g/mol. The third-order valence-electron chi connectivity index (χ3n) is 3.49. The minimum Gasteiger partial charge on any atom is -0.494 e. The molecule has 0 unspecified atom stereocenters. The number of nitrogen functional groups attached to an aromatic ring is 1. The molecule has 0 aliphatic carbocycles. The van der Waals surface area contributed by atoms with Gasteiger partial charge in [-0.1, -0.05) is 6.92 Å². The van der Waals surface area contributed by atoms with Crippen LogP contribution in [-0.2, 0) is 6.42 Å². The van der Waals surface area contributed by atoms with Crippen molar-refractivity contribution in [2.24, 2.45) is 0 Å². The van der Waals surface area contributed by atoms with Crippen LogP contribution in [0.4, 0.5) is 11.4 Å². The van der Waals surface area contributed by atoms with Crippen LogP contribution in [0.5, 0.6) is 5.75 Å². The van der Waals surface area contributed by atoms with E-state index >= 15 is 0 Å². The largest absolute Gasteiger partial charge is 0.494 e. The van der Waals surface area contributed by atoms with Gasteiger partial charge >= 0.3 is 0 Å². The summed E-state index contributed by atoms with van der Waals surface area (Å²) in [5, 5.41) is 2.99. The number of carbonyl (C=O) groups excluding carboxylic acids is 1. The zero-order valence-electron chi connectivity index (χ0n) is 13.3. The van der Waals surface area contributed by atoms with Crippen molar-refractivity contribution in [3.8, 4) is 5.75 Å². The monoisotopic (exact) mass is 298 g/mol. The highest BCUT2D eigenvalue weighted by Crippen LogP contribution is 2.25. The number of benzene rings is 2. The molecule has 0 bridgehead atoms. The number of nitrogens with one attached hydrogen (secondary N) is 1. The molecular formula is C18H22N2O2. The Kier molecular flexibility index (Phi) is 5.04. The fourth-order valence-electron chi connectivity index (χ4n) is 2.40. The average molecular weight is 298 g/mol. The molecule has 3 N–H and O–H groups in total. The van der Waals surface area contributed by atoms with Gasteiger partial charge < -0.3 is 15.8 Å². The van der Waals surface area contributed by atoms with Gasteiger partial charge in [-0.2, -0.15) is 0 Å². The van der Waals surface area contributed by atoms with Gasteiger partial charge in [0.1, 0.15) is 5.75 Å². The Bertz CT molecular complexity index is 664. The number of rotatable bonds is 5. The maximum atomic E-state index is 12.4. The quantitative estimate of drug-likeness (QED) is 0.825. The van der Waals surface area contributed by atoms with Crippen molar-refractivity contribution in [3.05, 3.63) is 53.1 Å². The van der Waals surface area contributed by atoms with Crippen molar-refractivity contribution >= 4 is 17.3 Å². The summed E-state index contributed by atoms with van der Waals surface area (Å²) < 4.78 is 5.38. The van der Waals surface area contributed by atoms with Crippen LogP contribution in [-0.4, -0.2) is 12.5 Å². The van der Waals surface area contributed by atoms with E-state index in [9.17, 15) is 4.79 Å². The van der Waals surface area contributed by atoms with E-state index in [4.69, 9.17) is 10.5 Å². The van der Waals surface area contributed by atoms with Gasteiger partial charge in [-0.3, -0.25) is 4.79 Å². The minimum atomic E-state index is -0.134. The third kappa shape index (κ3) is 3.58. The summed E-state index contributed by atoms with van der Waals surface area (Å²) in [6.07, 6.45) is 0.810. The van der Waals surface area contributed by atoms with Crippen LogP contribution in [0.3, 0.4) is 0 Å². The van der Waals surface area contributed by atoms with Gasteiger partial charge in [-0.05, 0) is 67.8 Å². The fraction of sp³-hybridized carbons (Fsp3) is 0.278. The number of hydrogen-bond acceptors (Lipinski definition) is 3. The van der Waals surface area contributed by atoms with Crippen molar-refractivity contribution in [3.63, 3.8) is 0 Å². The SMILES string of the molecule is CCOc1ccc(C(=O)Nc2c(C)cc(N)cc2CC)cc1. The van der Waals surface area contributed by atoms with Gasteiger partial charge in [0.2, 0.25) is 0 Å². The lowest BCUT2D eigenvalue weighted by atomic mass is 10.0. The highest BCUT2D eigenvalue weighted by Gasteiger charge is 2.11. The smallest absolute Gasteiger partial charge is 0.255 e. The predicted molar refractivity (Wildman–Crippen MR) is 90.5 cm³/mol. The molecule has 4 nitrogen and oxygen atoms in total. The number of ether oxygens (including phenoxy) is 1. The van der Waals surface area contributed by atoms with E-state index in [0.717, 1.165) is 29.0 Å². The van der Waals surface area contributed by atoms with Gasteiger partial charge in [0, 0.05) is 16.9 Å². The Morgan fingerprint density at radius 3 is 2.45 bits per heavy atom. The Morgan fingerprint density at radius 1 is 1.18 bits per heavy atom. The van der Waals surface area contributed by atoms with Crippen molar-refractivity contribution in [2.45, 2.75) is 27.2 Å². The van der Waals surface area contributed by atoms with Crippen molar-refractivity contribution in [2.75, 3.05) is 17.7 Å². The van der Waals surface area contributed by atoms with Crippen LogP contribution in [0, 0.1) is 6.92 Å². The molecule has 0 radical (unpaired) electrons. The van der Waals surface area contributed by atoms with Crippen molar-refractivity contribution in [1.29, 1.82) is 0 Å². The molecule has 0 saturated carbocycles. The summed E-state index contributed by atoms with van der Waals surface area (Å²) in [4.78, 5) is 12.4. The van der Waals surface area contributed by atoms with Crippen LogP contribution in [0.25, 0.3) is 0 Å². The first-order chi connectivity index (χ1) is 10.5. The van der Waals surface area contributed by atoms with Crippen LogP contribution >= 0.6 is 0 Å². The van der Waals surface area contributed by atoms with Gasteiger partial charge in [-0.25, -0.2) is 0 Å². The molecule has 0 heterocycles. The number of carbonyl (C=O) groups is 1. The maximum Gasteiger partial charge on any atom is 0.255 e. The van der Waals surface area contributed by atoms with E-state index in [1.165, 1.54) is 0 Å². The molecule has 4 heteroatoms. The van der Waals surface area contributed by atoms with Gasteiger partial charge in [0.25, 0.3) is 5.91 Å². The zero-order chi connectivity index (χ0) is 16.1. The van der Waals surface area contributed by atoms with Crippen LogP contribution in [0.2, 0.25) is 0 Å². The molecule has 2 aromatic rings. The van der Waals surface area contributed by atoms with E-state index < -0.39 is 0 Å². The molecule has 0 aliphatic heterocycles. The molecule has 0 spiro atoms. The van der Waals surface area contributed by atoms with Gasteiger partial charge in [-0.15, -0.1) is 0 Å². The topological polar surface area (TPSA) is 64.3 Å². The second-order valence-corrected chi connectivity index (χ2v) is 5.14. The predicted octanol–water partition coefficient (Wildman–Crippen LogP) is 3.79. The third-order valence-corrected chi connectivity index (χ3v) is 3.49. The molecule has 0 atom stereocenters. The Hall–Kier alpha value is -2.49. The lowest BCUT2D eigenvalue weighted by molar-refractivity contribution is 0.102. The first kappa shape index (κ1) is 15.9. The molecule has 116 valence electrons. The first-order valence-corrected chi connectivity index (χ1v) is 7.48. The van der Waals surface area contributed by atoms with Gasteiger partial charge in [0.05, 0.1) is 6.61 Å². The Morgan fingerprint density at radius 2 is 1.86 bits per heavy atom. The number of nitrogens with two attached hydrogens (primary N) is 1. The molecule has 0 aliphatic rings. The summed E-state index contributed by atoms with van der Waals surface area (Å²) in [5.74, 6) is 0.627. The summed E-state index contributed by atoms with van der Waals surface area (Å²) in [6, 6.07) is 10.9. The molecule has 0 fully saturated rings. The lowest BCUT2D eigenvalue weighted by Gasteiger charge is -2.14. The fourth-order valence-corrected chi connectivity index (χ4v) is 2.40. The molecule has 1 amide bonds. The summed E-state index contributed by atoms with van der Waals surface area (Å²) in [6.45, 7) is 6.52. The molecule has 2 aromatic carbocycles. The molecule has 0 saturated heterocycles. The normalized spacial score (nSPS) is 10.3. The molecule has 2 rings (SSSR count). The van der Waals surface area contributed by atoms with Crippen LogP contribution in [0.1, 0.15) is 35.3 Å². The van der Waals surface area contributed by atoms with E-state index in [1.54, 1.807) is 24.3 Å². The second-order valence-electron chi connectivity index (χ2n) is 5.14. The van der Waals surface area contributed by atoms with Crippen molar-refractivity contribution < 1.29 is 9.53 Å². The highest BCUT2D eigenvalue weighted by atomic mass is 16.5. The minimum absolute atomic E-state index is 0.134. The maximum absolute atomic E-state index is 12.4. The molecule has 0 aromatic heterocycles. The zero-order valence-corrected chi connectivity index (χ0v) is 13.3. The second kappa shape index (κ2) is 6.98. The molecule has 22 heavy (non-hydrogen) atoms. The average Bonchev–Trinajstić information content (AvgIpc) is 2.50. The summed E-state index contributed by atoms with van der Waals surface area (Å²) in [7, 11) is 0. The summed E-state index contributed by atoms with van der Waals surface area (Å²) >= 11 is 0. The number of aryl methyl sites for hydroxylation is 2. The number of anilines is 2. The first-order valence-electron chi connectivity index (χ1n) is 7.48. The highest BCUT2D eigenvalue weighted by molar-refractivity contribution is 6.05. The summed E-state index contributed by atoms with van der Waals surface area (Å²) in [5.41, 5.74) is 10.0. The standard InChI is InChI=1S/C18H22N2O2/c1-4-13-11-15(19)10-12(3)17(13)20-18(21)14-6-8-16(9-7-14)22-5-2/h6-11H,4-5,19H2,1-3H3,(H,20,21). The van der Waals surface area contributed by atoms with Gasteiger partial charge in [0.15, 0.2) is 0 Å². The van der Waals surface area contributed by atoms with E-state index in [0.29, 0.717) is 17.9 Å². The lowest BCUT2D eigenvalue weighted by Crippen LogP contribution is -2.14.